The van der Waals surface area contributed by atoms with Crippen LogP contribution in [0.15, 0.2) is 0 Å². The summed E-state index contributed by atoms with van der Waals surface area (Å²) in [5.74, 6) is 3.06. The molecule has 0 saturated carbocycles. The predicted molar refractivity (Wildman–Crippen MR) is 81.7 cm³/mol. The van der Waals surface area contributed by atoms with E-state index in [0.29, 0.717) is 6.04 Å². The number of nitrogens with one attached hydrogen (secondary N) is 1. The molecule has 0 radical (unpaired) electrons. The highest BCUT2D eigenvalue weighted by Gasteiger charge is 2.16. The van der Waals surface area contributed by atoms with Gasteiger partial charge in [-0.1, -0.05) is 25.4 Å². The fourth-order valence-electron chi connectivity index (χ4n) is 1.84. The third-order valence-corrected chi connectivity index (χ3v) is 4.91. The lowest BCUT2D eigenvalue weighted by Gasteiger charge is -2.16. The van der Waals surface area contributed by atoms with Crippen LogP contribution in [0.2, 0.25) is 5.15 Å². The lowest BCUT2D eigenvalue weighted by Crippen LogP contribution is -2.30. The highest BCUT2D eigenvalue weighted by atomic mass is 35.5. The zero-order valence-corrected chi connectivity index (χ0v) is 13.5. The van der Waals surface area contributed by atoms with Crippen LogP contribution < -0.4 is 5.32 Å². The molecular formula is C13H24ClN3S. The maximum Gasteiger partial charge on any atom is 0.130 e. The summed E-state index contributed by atoms with van der Waals surface area (Å²) in [5.41, 5.74) is 2.21. The van der Waals surface area contributed by atoms with E-state index < -0.39 is 0 Å². The Morgan fingerprint density at radius 3 is 2.50 bits per heavy atom. The summed E-state index contributed by atoms with van der Waals surface area (Å²) in [6, 6.07) is 0.453. The van der Waals surface area contributed by atoms with Gasteiger partial charge in [-0.25, -0.2) is 0 Å². The quantitative estimate of drug-likeness (QED) is 0.837. The first-order chi connectivity index (χ1) is 8.45. The minimum Gasteiger partial charge on any atom is -0.316 e. The van der Waals surface area contributed by atoms with Crippen molar-refractivity contribution in [3.05, 3.63) is 16.4 Å². The van der Waals surface area contributed by atoms with Crippen molar-refractivity contribution in [1.29, 1.82) is 0 Å². The van der Waals surface area contributed by atoms with Gasteiger partial charge in [-0.05, 0) is 32.1 Å². The molecule has 0 fully saturated rings. The van der Waals surface area contributed by atoms with Crippen molar-refractivity contribution in [1.82, 2.24) is 15.1 Å². The fraction of sp³-hybridized carbons (Fsp3) is 0.769. The summed E-state index contributed by atoms with van der Waals surface area (Å²) in [5, 5.41) is 8.49. The van der Waals surface area contributed by atoms with E-state index in [1.54, 1.807) is 4.68 Å². The number of hydrogen-bond acceptors (Lipinski definition) is 3. The van der Waals surface area contributed by atoms with Crippen molar-refractivity contribution in [2.75, 3.05) is 18.6 Å². The van der Waals surface area contributed by atoms with E-state index in [1.807, 2.05) is 32.8 Å². The largest absolute Gasteiger partial charge is 0.316 e. The average molecular weight is 290 g/mol. The molecule has 1 heterocycles. The number of thioether (sulfide) groups is 1. The zero-order valence-electron chi connectivity index (χ0n) is 12.0. The Balaban J connectivity index is 2.57. The Labute approximate surface area is 120 Å². The maximum atomic E-state index is 6.27. The summed E-state index contributed by atoms with van der Waals surface area (Å²) in [6.45, 7) is 6.53. The molecule has 0 aliphatic heterocycles. The highest BCUT2D eigenvalue weighted by Crippen LogP contribution is 2.21. The number of hydrogen-bond donors (Lipinski definition) is 1. The molecule has 1 rings (SSSR count). The van der Waals surface area contributed by atoms with Crippen LogP contribution in [-0.4, -0.2) is 34.4 Å². The molecule has 0 spiro atoms. The number of rotatable bonds is 7. The van der Waals surface area contributed by atoms with Gasteiger partial charge in [-0.3, -0.25) is 4.68 Å². The molecule has 0 saturated heterocycles. The maximum absolute atomic E-state index is 6.27. The van der Waals surface area contributed by atoms with E-state index in [0.717, 1.165) is 28.9 Å². The SMILES string of the molecule is CNC(CSCC(C)C)Cc1c(C)nn(C)c1Cl. The van der Waals surface area contributed by atoms with Gasteiger partial charge in [-0.15, -0.1) is 0 Å². The minimum atomic E-state index is 0.453. The van der Waals surface area contributed by atoms with Gasteiger partial charge in [-0.2, -0.15) is 16.9 Å². The molecule has 0 aliphatic rings. The Morgan fingerprint density at radius 2 is 2.06 bits per heavy atom. The van der Waals surface area contributed by atoms with Crippen LogP contribution >= 0.6 is 23.4 Å². The van der Waals surface area contributed by atoms with Crippen LogP contribution in [0.1, 0.15) is 25.1 Å². The molecule has 1 unspecified atom stereocenters. The monoisotopic (exact) mass is 289 g/mol. The van der Waals surface area contributed by atoms with Gasteiger partial charge >= 0.3 is 0 Å². The van der Waals surface area contributed by atoms with Gasteiger partial charge in [0.15, 0.2) is 0 Å². The van der Waals surface area contributed by atoms with E-state index in [9.17, 15) is 0 Å². The topological polar surface area (TPSA) is 29.9 Å². The molecule has 1 atom stereocenters. The van der Waals surface area contributed by atoms with Gasteiger partial charge in [0.05, 0.1) is 5.69 Å². The van der Waals surface area contributed by atoms with Crippen LogP contribution in [0.3, 0.4) is 0 Å². The standard InChI is InChI=1S/C13H24ClN3S/c1-9(2)7-18-8-11(15-4)6-12-10(3)16-17(5)13(12)14/h9,11,15H,6-8H2,1-5H3. The van der Waals surface area contributed by atoms with E-state index in [-0.39, 0.29) is 0 Å². The zero-order chi connectivity index (χ0) is 13.7. The fourth-order valence-corrected chi connectivity index (χ4v) is 3.27. The van der Waals surface area contributed by atoms with Gasteiger partial charge in [0, 0.05) is 24.4 Å². The highest BCUT2D eigenvalue weighted by molar-refractivity contribution is 7.99. The Bertz CT molecular complexity index is 377. The lowest BCUT2D eigenvalue weighted by molar-refractivity contribution is 0.614. The summed E-state index contributed by atoms with van der Waals surface area (Å²) >= 11 is 8.26. The van der Waals surface area contributed by atoms with Crippen molar-refractivity contribution in [2.24, 2.45) is 13.0 Å². The molecule has 0 bridgehead atoms. The van der Waals surface area contributed by atoms with Crippen molar-refractivity contribution in [3.63, 3.8) is 0 Å². The molecule has 0 aliphatic carbocycles. The Morgan fingerprint density at radius 1 is 1.39 bits per heavy atom. The first-order valence-corrected chi connectivity index (χ1v) is 7.92. The average Bonchev–Trinajstić information content (AvgIpc) is 2.53. The minimum absolute atomic E-state index is 0.453. The second-order valence-corrected chi connectivity index (χ2v) is 6.53. The van der Waals surface area contributed by atoms with Crippen molar-refractivity contribution in [3.8, 4) is 0 Å². The lowest BCUT2D eigenvalue weighted by atomic mass is 10.1. The van der Waals surface area contributed by atoms with Crippen LogP contribution in [-0.2, 0) is 13.5 Å². The summed E-state index contributed by atoms with van der Waals surface area (Å²) in [6.07, 6.45) is 0.945. The van der Waals surface area contributed by atoms with Crippen LogP contribution in [0.4, 0.5) is 0 Å². The second kappa shape index (κ2) is 7.41. The van der Waals surface area contributed by atoms with Gasteiger partial charge in [0.25, 0.3) is 0 Å². The van der Waals surface area contributed by atoms with Gasteiger partial charge < -0.3 is 5.32 Å². The molecule has 1 aromatic rings. The third-order valence-electron chi connectivity index (χ3n) is 2.90. The molecular weight excluding hydrogens is 266 g/mol. The van der Waals surface area contributed by atoms with E-state index in [4.69, 9.17) is 11.6 Å². The molecule has 3 nitrogen and oxygen atoms in total. The third kappa shape index (κ3) is 4.48. The molecule has 0 amide bonds. The predicted octanol–water partition coefficient (Wildman–Crippen LogP) is 2.90. The Hall–Kier alpha value is -0.190. The molecule has 18 heavy (non-hydrogen) atoms. The summed E-state index contributed by atoms with van der Waals surface area (Å²) < 4.78 is 1.75. The molecule has 0 aromatic carbocycles. The molecule has 1 aromatic heterocycles. The molecule has 1 N–H and O–H groups in total. The van der Waals surface area contributed by atoms with Crippen LogP contribution in [0, 0.1) is 12.8 Å². The Kier molecular flexibility index (Phi) is 6.53. The van der Waals surface area contributed by atoms with Gasteiger partial charge in [0.1, 0.15) is 5.15 Å². The van der Waals surface area contributed by atoms with Gasteiger partial charge in [0.2, 0.25) is 0 Å². The van der Waals surface area contributed by atoms with Crippen molar-refractivity contribution < 1.29 is 0 Å². The first kappa shape index (κ1) is 15.9. The number of aryl methyl sites for hydroxylation is 2. The first-order valence-electron chi connectivity index (χ1n) is 6.38. The molecule has 5 heteroatoms. The number of likely N-dealkylation sites (N-methyl/N-ethyl adjacent to an activating group) is 1. The normalized spacial score (nSPS) is 13.3. The van der Waals surface area contributed by atoms with Crippen LogP contribution in [0.25, 0.3) is 0 Å². The van der Waals surface area contributed by atoms with E-state index >= 15 is 0 Å². The van der Waals surface area contributed by atoms with Crippen molar-refractivity contribution in [2.45, 2.75) is 33.2 Å². The molecule has 104 valence electrons. The number of aromatic nitrogens is 2. The summed E-state index contributed by atoms with van der Waals surface area (Å²) in [4.78, 5) is 0. The number of halogens is 1. The van der Waals surface area contributed by atoms with E-state index in [2.05, 4.69) is 24.3 Å². The summed E-state index contributed by atoms with van der Waals surface area (Å²) in [7, 11) is 3.90. The smallest absolute Gasteiger partial charge is 0.130 e. The van der Waals surface area contributed by atoms with Crippen molar-refractivity contribution >= 4 is 23.4 Å². The van der Waals surface area contributed by atoms with Crippen LogP contribution in [0.5, 0.6) is 0 Å². The number of nitrogens with zero attached hydrogens (tertiary/aromatic N) is 2. The second-order valence-electron chi connectivity index (χ2n) is 5.10. The van der Waals surface area contributed by atoms with E-state index in [1.165, 1.54) is 11.3 Å².